The normalized spacial score (nSPS) is 19.9. The Morgan fingerprint density at radius 3 is 2.88 bits per heavy atom. The molecule has 4 nitrogen and oxygen atoms in total. The van der Waals surface area contributed by atoms with Gasteiger partial charge in [-0.25, -0.2) is 4.98 Å². The second-order valence-corrected chi connectivity index (χ2v) is 4.94. The van der Waals surface area contributed by atoms with E-state index >= 15 is 0 Å². The lowest BCUT2D eigenvalue weighted by atomic mass is 9.76. The van der Waals surface area contributed by atoms with Crippen molar-refractivity contribution in [3.8, 4) is 0 Å². The summed E-state index contributed by atoms with van der Waals surface area (Å²) < 4.78 is 7.58. The van der Waals surface area contributed by atoms with Gasteiger partial charge < -0.3 is 14.4 Å². The van der Waals surface area contributed by atoms with E-state index < -0.39 is 6.10 Å². The summed E-state index contributed by atoms with van der Waals surface area (Å²) >= 11 is 0. The molecule has 4 heteroatoms. The molecule has 1 aliphatic rings. The van der Waals surface area contributed by atoms with Crippen molar-refractivity contribution in [2.75, 3.05) is 7.11 Å². The number of imidazole rings is 1. The van der Waals surface area contributed by atoms with E-state index in [1.807, 2.05) is 10.8 Å². The Morgan fingerprint density at radius 1 is 1.59 bits per heavy atom. The first kappa shape index (κ1) is 12.6. The molecule has 1 atom stereocenters. The zero-order valence-electron chi connectivity index (χ0n) is 10.7. The fourth-order valence-electron chi connectivity index (χ4n) is 2.55. The smallest absolute Gasteiger partial charge is 0.137 e. The van der Waals surface area contributed by atoms with Crippen molar-refractivity contribution in [3.05, 3.63) is 18.2 Å². The average Bonchev–Trinajstić information content (AvgIpc) is 2.72. The van der Waals surface area contributed by atoms with E-state index in [9.17, 15) is 5.11 Å². The molecule has 1 unspecified atom stereocenters. The molecule has 0 amide bonds. The van der Waals surface area contributed by atoms with Crippen molar-refractivity contribution in [1.29, 1.82) is 0 Å². The molecule has 1 N–H and O–H groups in total. The van der Waals surface area contributed by atoms with E-state index in [1.54, 1.807) is 13.3 Å². The monoisotopic (exact) mass is 238 g/mol. The summed E-state index contributed by atoms with van der Waals surface area (Å²) in [4.78, 5) is 4.27. The van der Waals surface area contributed by atoms with Crippen molar-refractivity contribution in [1.82, 2.24) is 9.55 Å². The first-order valence-corrected chi connectivity index (χ1v) is 6.45. The van der Waals surface area contributed by atoms with Crippen molar-refractivity contribution in [2.24, 2.45) is 0 Å². The van der Waals surface area contributed by atoms with Crippen LogP contribution in [-0.4, -0.2) is 27.4 Å². The number of hydrogen-bond acceptors (Lipinski definition) is 3. The van der Waals surface area contributed by atoms with Crippen LogP contribution < -0.4 is 0 Å². The highest BCUT2D eigenvalue weighted by Gasteiger charge is 2.39. The van der Waals surface area contributed by atoms with Crippen molar-refractivity contribution in [3.63, 3.8) is 0 Å². The maximum atomic E-state index is 10.3. The number of methoxy groups -OCH3 is 1. The second kappa shape index (κ2) is 5.19. The summed E-state index contributed by atoms with van der Waals surface area (Å²) in [6, 6.07) is 0. The molecule has 0 spiro atoms. The number of aliphatic hydroxyl groups excluding tert-OH is 1. The SMILES string of the molecule is CCCn1ccnc1C(O)CC1(OC)CCC1. The maximum absolute atomic E-state index is 10.3. The van der Waals surface area contributed by atoms with Crippen LogP contribution in [-0.2, 0) is 11.3 Å². The van der Waals surface area contributed by atoms with E-state index in [0.717, 1.165) is 31.6 Å². The lowest BCUT2D eigenvalue weighted by molar-refractivity contribution is -0.101. The number of aryl methyl sites for hydroxylation is 1. The van der Waals surface area contributed by atoms with E-state index in [0.29, 0.717) is 6.42 Å². The molecule has 17 heavy (non-hydrogen) atoms. The van der Waals surface area contributed by atoms with Gasteiger partial charge in [0, 0.05) is 32.5 Å². The third kappa shape index (κ3) is 2.53. The molecule has 0 aliphatic heterocycles. The van der Waals surface area contributed by atoms with Crippen LogP contribution >= 0.6 is 0 Å². The van der Waals surface area contributed by atoms with Gasteiger partial charge in [0.05, 0.1) is 5.60 Å². The molecule has 0 radical (unpaired) electrons. The highest BCUT2D eigenvalue weighted by atomic mass is 16.5. The molecule has 1 fully saturated rings. The van der Waals surface area contributed by atoms with Crippen LogP contribution in [0.3, 0.4) is 0 Å². The molecule has 0 saturated heterocycles. The number of aromatic nitrogens is 2. The molecule has 1 saturated carbocycles. The van der Waals surface area contributed by atoms with Gasteiger partial charge in [0.1, 0.15) is 11.9 Å². The van der Waals surface area contributed by atoms with Crippen LogP contribution in [0.5, 0.6) is 0 Å². The molecular weight excluding hydrogens is 216 g/mol. The predicted octanol–water partition coefficient (Wildman–Crippen LogP) is 2.29. The summed E-state index contributed by atoms with van der Waals surface area (Å²) in [6.45, 7) is 3.03. The molecular formula is C13H22N2O2. The average molecular weight is 238 g/mol. The van der Waals surface area contributed by atoms with Gasteiger partial charge in [-0.1, -0.05) is 6.92 Å². The standard InChI is InChI=1S/C13H22N2O2/c1-3-8-15-9-7-14-12(15)11(16)10-13(17-2)5-4-6-13/h7,9,11,16H,3-6,8,10H2,1-2H3. The number of aliphatic hydroxyl groups is 1. The molecule has 0 bridgehead atoms. The molecule has 96 valence electrons. The Bertz CT molecular complexity index is 353. The Balaban J connectivity index is 2.03. The number of nitrogens with zero attached hydrogens (tertiary/aromatic N) is 2. The predicted molar refractivity (Wildman–Crippen MR) is 65.7 cm³/mol. The third-order valence-electron chi connectivity index (χ3n) is 3.77. The van der Waals surface area contributed by atoms with Crippen molar-refractivity contribution < 1.29 is 9.84 Å². The summed E-state index contributed by atoms with van der Waals surface area (Å²) in [5.41, 5.74) is -0.109. The van der Waals surface area contributed by atoms with Gasteiger partial charge in [-0.15, -0.1) is 0 Å². The molecule has 1 heterocycles. The van der Waals surface area contributed by atoms with Gasteiger partial charge in [0.2, 0.25) is 0 Å². The molecule has 1 aromatic rings. The van der Waals surface area contributed by atoms with Gasteiger partial charge in [-0.05, 0) is 25.7 Å². The lowest BCUT2D eigenvalue weighted by Crippen LogP contribution is -2.40. The summed E-state index contributed by atoms with van der Waals surface area (Å²) in [7, 11) is 1.74. The van der Waals surface area contributed by atoms with Crippen LogP contribution in [0, 0.1) is 0 Å². The quantitative estimate of drug-likeness (QED) is 0.827. The highest BCUT2D eigenvalue weighted by molar-refractivity contribution is 5.01. The van der Waals surface area contributed by atoms with Crippen LogP contribution in [0.15, 0.2) is 12.4 Å². The van der Waals surface area contributed by atoms with E-state index in [2.05, 4.69) is 11.9 Å². The zero-order chi connectivity index (χ0) is 12.3. The number of rotatable bonds is 6. The Morgan fingerprint density at radius 2 is 2.35 bits per heavy atom. The van der Waals surface area contributed by atoms with Gasteiger partial charge in [0.25, 0.3) is 0 Å². The minimum atomic E-state index is -0.517. The second-order valence-electron chi connectivity index (χ2n) is 4.94. The van der Waals surface area contributed by atoms with Crippen molar-refractivity contribution >= 4 is 0 Å². The summed E-state index contributed by atoms with van der Waals surface area (Å²) in [5.74, 6) is 0.773. The maximum Gasteiger partial charge on any atom is 0.137 e. The Labute approximate surface area is 103 Å². The molecule has 0 aromatic carbocycles. The third-order valence-corrected chi connectivity index (χ3v) is 3.77. The van der Waals surface area contributed by atoms with Crippen molar-refractivity contribution in [2.45, 2.75) is 57.3 Å². The van der Waals surface area contributed by atoms with Crippen LogP contribution in [0.2, 0.25) is 0 Å². The topological polar surface area (TPSA) is 47.3 Å². The minimum Gasteiger partial charge on any atom is -0.385 e. The van der Waals surface area contributed by atoms with Gasteiger partial charge >= 0.3 is 0 Å². The first-order chi connectivity index (χ1) is 8.21. The van der Waals surface area contributed by atoms with Gasteiger partial charge in [-0.3, -0.25) is 0 Å². The Kier molecular flexibility index (Phi) is 3.84. The lowest BCUT2D eigenvalue weighted by Gasteiger charge is -2.41. The van der Waals surface area contributed by atoms with Crippen LogP contribution in [0.25, 0.3) is 0 Å². The van der Waals surface area contributed by atoms with E-state index in [4.69, 9.17) is 4.74 Å². The fraction of sp³-hybridized carbons (Fsp3) is 0.769. The van der Waals surface area contributed by atoms with E-state index in [1.165, 1.54) is 6.42 Å². The largest absolute Gasteiger partial charge is 0.385 e. The molecule has 1 aromatic heterocycles. The molecule has 2 rings (SSSR count). The van der Waals surface area contributed by atoms with Gasteiger partial charge in [-0.2, -0.15) is 0 Å². The van der Waals surface area contributed by atoms with Crippen LogP contribution in [0.4, 0.5) is 0 Å². The fourth-order valence-corrected chi connectivity index (χ4v) is 2.55. The minimum absolute atomic E-state index is 0.109. The summed E-state index contributed by atoms with van der Waals surface area (Å²) in [5, 5.41) is 10.3. The number of hydrogen-bond donors (Lipinski definition) is 1. The Hall–Kier alpha value is -0.870. The van der Waals surface area contributed by atoms with E-state index in [-0.39, 0.29) is 5.60 Å². The first-order valence-electron chi connectivity index (χ1n) is 6.45. The number of ether oxygens (including phenoxy) is 1. The molecule has 1 aliphatic carbocycles. The van der Waals surface area contributed by atoms with Crippen LogP contribution in [0.1, 0.15) is 51.0 Å². The highest BCUT2D eigenvalue weighted by Crippen LogP contribution is 2.41. The zero-order valence-corrected chi connectivity index (χ0v) is 10.7. The van der Waals surface area contributed by atoms with Gasteiger partial charge in [0.15, 0.2) is 0 Å². The summed E-state index contributed by atoms with van der Waals surface area (Å²) in [6.07, 6.45) is 8.18.